The van der Waals surface area contributed by atoms with E-state index in [0.29, 0.717) is 6.42 Å². The summed E-state index contributed by atoms with van der Waals surface area (Å²) in [6, 6.07) is 4.12. The van der Waals surface area contributed by atoms with E-state index >= 15 is 0 Å². The van der Waals surface area contributed by atoms with Crippen LogP contribution in [-0.2, 0) is 0 Å². The van der Waals surface area contributed by atoms with Crippen LogP contribution < -0.4 is 0 Å². The van der Waals surface area contributed by atoms with E-state index in [1.165, 1.54) is 18.2 Å². The highest BCUT2D eigenvalue weighted by Gasteiger charge is 2.40. The molecule has 0 radical (unpaired) electrons. The van der Waals surface area contributed by atoms with Crippen molar-refractivity contribution in [3.05, 3.63) is 34.6 Å². The van der Waals surface area contributed by atoms with E-state index < -0.39 is 17.8 Å². The second kappa shape index (κ2) is 5.10. The largest absolute Gasteiger partial charge is 0.388 e. The Morgan fingerprint density at radius 3 is 2.72 bits per heavy atom. The van der Waals surface area contributed by atoms with Gasteiger partial charge in [-0.3, -0.25) is 0 Å². The molecule has 2 unspecified atom stereocenters. The molecule has 5 heteroatoms. The molecule has 1 saturated carbocycles. The Morgan fingerprint density at radius 2 is 2.17 bits per heavy atom. The molecular formula is C13H14ClF3O. The van der Waals surface area contributed by atoms with Gasteiger partial charge in [-0.1, -0.05) is 17.7 Å². The summed E-state index contributed by atoms with van der Waals surface area (Å²) in [6.45, 7) is 0. The van der Waals surface area contributed by atoms with Crippen LogP contribution in [-0.4, -0.2) is 11.0 Å². The predicted molar refractivity (Wildman–Crippen MR) is 63.3 cm³/mol. The maximum atomic E-state index is 13.5. The number of alkyl halides is 2. The molecule has 1 aromatic rings. The fraction of sp³-hybridized carbons (Fsp3) is 0.538. The summed E-state index contributed by atoms with van der Waals surface area (Å²) in [5.74, 6) is -3.53. The first-order chi connectivity index (χ1) is 8.39. The third-order valence-corrected chi connectivity index (χ3v) is 3.72. The molecule has 1 aliphatic carbocycles. The molecule has 0 heterocycles. The van der Waals surface area contributed by atoms with Gasteiger partial charge in [0, 0.05) is 23.4 Å². The van der Waals surface area contributed by atoms with Crippen LogP contribution in [0.2, 0.25) is 5.02 Å². The molecule has 0 bridgehead atoms. The minimum absolute atomic E-state index is 0.00869. The van der Waals surface area contributed by atoms with Crippen molar-refractivity contribution in [1.82, 2.24) is 0 Å². The van der Waals surface area contributed by atoms with Crippen molar-refractivity contribution >= 4 is 11.6 Å². The first kappa shape index (κ1) is 13.7. The van der Waals surface area contributed by atoms with E-state index in [1.807, 2.05) is 0 Å². The molecule has 2 rings (SSSR count). The Kier molecular flexibility index (Phi) is 3.87. The molecule has 1 N–H and O–H groups in total. The van der Waals surface area contributed by atoms with E-state index in [2.05, 4.69) is 0 Å². The molecule has 0 saturated heterocycles. The van der Waals surface area contributed by atoms with Crippen LogP contribution in [0, 0.1) is 11.7 Å². The molecule has 2 atom stereocenters. The minimum atomic E-state index is -2.65. The van der Waals surface area contributed by atoms with Crippen LogP contribution in [0.15, 0.2) is 18.2 Å². The van der Waals surface area contributed by atoms with Gasteiger partial charge in [0.25, 0.3) is 0 Å². The lowest BCUT2D eigenvalue weighted by Gasteiger charge is -2.17. The van der Waals surface area contributed by atoms with Crippen molar-refractivity contribution in [1.29, 1.82) is 0 Å². The van der Waals surface area contributed by atoms with Gasteiger partial charge in [0.1, 0.15) is 5.82 Å². The topological polar surface area (TPSA) is 20.2 Å². The average Bonchev–Trinajstić information content (AvgIpc) is 2.57. The lowest BCUT2D eigenvalue weighted by Crippen LogP contribution is -2.12. The normalized spacial score (nSPS) is 24.2. The molecule has 0 spiro atoms. The van der Waals surface area contributed by atoms with Crippen LogP contribution in [0.3, 0.4) is 0 Å². The van der Waals surface area contributed by atoms with E-state index in [-0.39, 0.29) is 35.8 Å². The Hall–Kier alpha value is -0.740. The first-order valence-corrected chi connectivity index (χ1v) is 6.26. The first-order valence-electron chi connectivity index (χ1n) is 5.89. The summed E-state index contributed by atoms with van der Waals surface area (Å²) in [5, 5.41) is 10.1. The van der Waals surface area contributed by atoms with Crippen LogP contribution in [0.25, 0.3) is 0 Å². The molecule has 0 aromatic heterocycles. The van der Waals surface area contributed by atoms with Crippen molar-refractivity contribution < 1.29 is 18.3 Å². The molecule has 0 amide bonds. The number of hydrogen-bond acceptors (Lipinski definition) is 1. The Bertz CT molecular complexity index is 416. The van der Waals surface area contributed by atoms with Crippen LogP contribution in [0.5, 0.6) is 0 Å². The smallest absolute Gasteiger partial charge is 0.248 e. The summed E-state index contributed by atoms with van der Waals surface area (Å²) in [5.41, 5.74) is 0.00869. The predicted octanol–water partition coefficient (Wildman–Crippen LogP) is 4.34. The Labute approximate surface area is 109 Å². The number of hydrogen-bond donors (Lipinski definition) is 1. The molecule has 18 heavy (non-hydrogen) atoms. The van der Waals surface area contributed by atoms with Gasteiger partial charge in [0.2, 0.25) is 5.92 Å². The molecule has 1 aliphatic rings. The Morgan fingerprint density at radius 1 is 1.44 bits per heavy atom. The number of aliphatic hydroxyl groups is 1. The van der Waals surface area contributed by atoms with Crippen molar-refractivity contribution in [3.8, 4) is 0 Å². The summed E-state index contributed by atoms with van der Waals surface area (Å²) in [4.78, 5) is 0. The lowest BCUT2D eigenvalue weighted by atomic mass is 9.95. The standard InChI is InChI=1S/C13H14ClF3O/c14-9-2-1-3-10(15)12(9)11(18)6-8-4-5-13(16,17)7-8/h1-3,8,11,18H,4-7H2. The fourth-order valence-corrected chi connectivity index (χ4v) is 2.79. The van der Waals surface area contributed by atoms with Crippen molar-refractivity contribution in [2.24, 2.45) is 5.92 Å². The van der Waals surface area contributed by atoms with Crippen molar-refractivity contribution in [2.75, 3.05) is 0 Å². The average molecular weight is 279 g/mol. The monoisotopic (exact) mass is 278 g/mol. The molecule has 1 nitrogen and oxygen atoms in total. The lowest BCUT2D eigenvalue weighted by molar-refractivity contribution is 0.00249. The van der Waals surface area contributed by atoms with Gasteiger partial charge in [-0.2, -0.15) is 0 Å². The number of rotatable bonds is 3. The van der Waals surface area contributed by atoms with Gasteiger partial charge in [-0.15, -0.1) is 0 Å². The van der Waals surface area contributed by atoms with Gasteiger partial charge in [0.15, 0.2) is 0 Å². The highest BCUT2D eigenvalue weighted by molar-refractivity contribution is 6.31. The van der Waals surface area contributed by atoms with E-state index in [1.54, 1.807) is 0 Å². The van der Waals surface area contributed by atoms with Crippen molar-refractivity contribution in [2.45, 2.75) is 37.7 Å². The second-order valence-electron chi connectivity index (χ2n) is 4.85. The molecule has 100 valence electrons. The highest BCUT2D eigenvalue weighted by atomic mass is 35.5. The zero-order chi connectivity index (χ0) is 13.3. The van der Waals surface area contributed by atoms with Gasteiger partial charge in [-0.05, 0) is 30.9 Å². The molecular weight excluding hydrogens is 265 g/mol. The van der Waals surface area contributed by atoms with Crippen molar-refractivity contribution in [3.63, 3.8) is 0 Å². The fourth-order valence-electron chi connectivity index (χ4n) is 2.51. The van der Waals surface area contributed by atoms with E-state index in [0.717, 1.165) is 0 Å². The minimum Gasteiger partial charge on any atom is -0.388 e. The van der Waals surface area contributed by atoms with Crippen LogP contribution >= 0.6 is 11.6 Å². The zero-order valence-electron chi connectivity index (χ0n) is 9.67. The van der Waals surface area contributed by atoms with E-state index in [9.17, 15) is 18.3 Å². The van der Waals surface area contributed by atoms with Crippen LogP contribution in [0.1, 0.15) is 37.4 Å². The van der Waals surface area contributed by atoms with Gasteiger partial charge >= 0.3 is 0 Å². The zero-order valence-corrected chi connectivity index (χ0v) is 10.4. The maximum Gasteiger partial charge on any atom is 0.248 e. The molecule has 0 aliphatic heterocycles. The summed E-state index contributed by atoms with van der Waals surface area (Å²) in [6.07, 6.45) is -1.05. The third kappa shape index (κ3) is 2.98. The SMILES string of the molecule is OC(CC1CCC(F)(F)C1)c1c(F)cccc1Cl. The highest BCUT2D eigenvalue weighted by Crippen LogP contribution is 2.43. The summed E-state index contributed by atoms with van der Waals surface area (Å²) >= 11 is 5.82. The number of halogens is 4. The summed E-state index contributed by atoms with van der Waals surface area (Å²) < 4.78 is 39.6. The van der Waals surface area contributed by atoms with Gasteiger partial charge in [0.05, 0.1) is 6.10 Å². The number of benzene rings is 1. The van der Waals surface area contributed by atoms with Gasteiger partial charge in [-0.25, -0.2) is 13.2 Å². The molecule has 1 aromatic carbocycles. The quantitative estimate of drug-likeness (QED) is 0.872. The number of aliphatic hydroxyl groups excluding tert-OH is 1. The van der Waals surface area contributed by atoms with E-state index in [4.69, 9.17) is 11.6 Å². The summed E-state index contributed by atoms with van der Waals surface area (Å²) in [7, 11) is 0. The maximum absolute atomic E-state index is 13.5. The third-order valence-electron chi connectivity index (χ3n) is 3.40. The molecule has 1 fully saturated rings. The van der Waals surface area contributed by atoms with Crippen LogP contribution in [0.4, 0.5) is 13.2 Å². The van der Waals surface area contributed by atoms with Gasteiger partial charge < -0.3 is 5.11 Å². The second-order valence-corrected chi connectivity index (χ2v) is 5.26. The Balaban J connectivity index is 2.07.